The molecule has 2 heterocycles. The Morgan fingerprint density at radius 1 is 1.13 bits per heavy atom. The van der Waals surface area contributed by atoms with Crippen molar-refractivity contribution in [1.82, 2.24) is 29.1 Å². The number of nitrogens with zero attached hydrogens (tertiary/aromatic N) is 6. The largest absolute Gasteiger partial charge is 0.463 e. The zero-order valence-corrected chi connectivity index (χ0v) is 20.7. The van der Waals surface area contributed by atoms with E-state index >= 15 is 0 Å². The van der Waals surface area contributed by atoms with Crippen LogP contribution < -0.4 is 5.69 Å². The second-order valence-electron chi connectivity index (χ2n) is 7.76. The number of methoxy groups -OCH3 is 1. The Balaban J connectivity index is 1.81. The number of aliphatic hydroxyl groups is 1. The molecule has 0 aliphatic carbocycles. The number of hydrogen-bond acceptors (Lipinski definition) is 7. The molecule has 0 radical (unpaired) electrons. The highest BCUT2D eigenvalue weighted by Gasteiger charge is 2.39. The van der Waals surface area contributed by atoms with E-state index in [9.17, 15) is 32.3 Å². The highest BCUT2D eigenvalue weighted by atomic mass is 35.5. The number of halogens is 6. The van der Waals surface area contributed by atoms with E-state index in [1.807, 2.05) is 0 Å². The van der Waals surface area contributed by atoms with Gasteiger partial charge in [0, 0.05) is 10.6 Å². The molecule has 4 rings (SSSR count). The van der Waals surface area contributed by atoms with Crippen LogP contribution in [-0.2, 0) is 17.8 Å². The summed E-state index contributed by atoms with van der Waals surface area (Å²) in [6, 6.07) is 9.47. The third kappa shape index (κ3) is 5.42. The van der Waals surface area contributed by atoms with Crippen molar-refractivity contribution in [1.29, 1.82) is 0 Å². The van der Waals surface area contributed by atoms with Crippen LogP contribution >= 0.6 is 23.2 Å². The fraction of sp³-hybridized carbons (Fsp3) is 0.227. The molecular weight excluding hydrogens is 559 g/mol. The van der Waals surface area contributed by atoms with Gasteiger partial charge in [0.1, 0.15) is 18.0 Å². The monoisotopic (exact) mass is 574 g/mol. The van der Waals surface area contributed by atoms with Gasteiger partial charge in [0.15, 0.2) is 17.8 Å². The first-order valence-corrected chi connectivity index (χ1v) is 11.3. The molecule has 2 aromatic carbocycles. The maximum atomic E-state index is 14.6. The Morgan fingerprint density at radius 3 is 2.42 bits per heavy atom. The summed E-state index contributed by atoms with van der Waals surface area (Å²) >= 11 is 12.0. The molecule has 1 atom stereocenters. The quantitative estimate of drug-likeness (QED) is 0.265. The fourth-order valence-electron chi connectivity index (χ4n) is 3.42. The number of hydrogen-bond donors (Lipinski definition) is 1. The zero-order chi connectivity index (χ0) is 27.8. The van der Waals surface area contributed by atoms with Crippen molar-refractivity contribution in [3.8, 4) is 17.1 Å². The average molecular weight is 575 g/mol. The van der Waals surface area contributed by atoms with Crippen LogP contribution in [0.15, 0.2) is 47.3 Å². The summed E-state index contributed by atoms with van der Waals surface area (Å²) in [5.41, 5.74) is -1.13. The van der Waals surface area contributed by atoms with E-state index in [-0.39, 0.29) is 27.9 Å². The number of alkyl halides is 3. The molecule has 0 amide bonds. The van der Waals surface area contributed by atoms with Crippen molar-refractivity contribution in [2.45, 2.75) is 25.4 Å². The van der Waals surface area contributed by atoms with Crippen molar-refractivity contribution in [2.24, 2.45) is 0 Å². The standard InChI is InChI=1S/C22H16Cl2F4N6O4/c1-38-20(36)19-29-16(30-34(19)17-13(24)3-2-4-14(17)25)10-33-21(37)32(9-15(35)22(26,27)28)18(31-33)11-5-7-12(23)8-6-11/h2-8,15,35H,9-10H2,1H3. The normalized spacial score (nSPS) is 12.5. The summed E-state index contributed by atoms with van der Waals surface area (Å²) < 4.78 is 60.6. The first-order chi connectivity index (χ1) is 17.9. The number of benzene rings is 2. The molecule has 0 saturated carbocycles. The zero-order valence-electron chi connectivity index (χ0n) is 19.2. The van der Waals surface area contributed by atoms with E-state index in [1.54, 1.807) is 0 Å². The van der Waals surface area contributed by atoms with Crippen LogP contribution in [-0.4, -0.2) is 59.6 Å². The van der Waals surface area contributed by atoms with E-state index in [2.05, 4.69) is 19.9 Å². The van der Waals surface area contributed by atoms with Gasteiger partial charge >= 0.3 is 17.8 Å². The summed E-state index contributed by atoms with van der Waals surface area (Å²) in [6.07, 6.45) is -7.87. The van der Waals surface area contributed by atoms with E-state index < -0.39 is 48.7 Å². The molecule has 1 unspecified atom stereocenters. The number of carbonyl (C=O) groups excluding carboxylic acids is 1. The molecule has 0 bridgehead atoms. The van der Waals surface area contributed by atoms with E-state index in [0.717, 1.165) is 22.5 Å². The average Bonchev–Trinajstić information content (AvgIpc) is 3.40. The molecule has 16 heteroatoms. The molecule has 0 spiro atoms. The van der Waals surface area contributed by atoms with E-state index in [4.69, 9.17) is 23.2 Å². The highest BCUT2D eigenvalue weighted by Crippen LogP contribution is 2.26. The molecule has 2 aromatic heterocycles. The third-order valence-corrected chi connectivity index (χ3v) is 5.78. The summed E-state index contributed by atoms with van der Waals surface area (Å²) in [5.74, 6) is -2.77. The van der Waals surface area contributed by atoms with Gasteiger partial charge in [-0.15, -0.1) is 10.2 Å². The molecule has 4 aromatic rings. The lowest BCUT2D eigenvalue weighted by Gasteiger charge is -2.15. The summed E-state index contributed by atoms with van der Waals surface area (Å²) in [5, 5.41) is 18.0. The van der Waals surface area contributed by atoms with Crippen molar-refractivity contribution in [3.63, 3.8) is 0 Å². The molecule has 0 aliphatic rings. The van der Waals surface area contributed by atoms with Gasteiger partial charge in [-0.2, -0.15) is 13.2 Å². The Hall–Kier alpha value is -3.75. The maximum Gasteiger partial charge on any atom is 0.416 e. The SMILES string of the molecule is COC(=O)c1nc(Cn2nc(-c3ccc(Cl)cc3)n(CC(O)C(F)(F)F)c2=O)nn1-c1c(F)cccc1Cl. The smallest absolute Gasteiger partial charge is 0.416 e. The minimum atomic E-state index is -5.01. The van der Waals surface area contributed by atoms with Crippen molar-refractivity contribution in [3.05, 3.63) is 80.5 Å². The van der Waals surface area contributed by atoms with Gasteiger partial charge in [0.2, 0.25) is 5.82 Å². The van der Waals surface area contributed by atoms with Gasteiger partial charge < -0.3 is 9.84 Å². The van der Waals surface area contributed by atoms with Gasteiger partial charge in [-0.25, -0.2) is 28.3 Å². The first-order valence-electron chi connectivity index (χ1n) is 10.6. The van der Waals surface area contributed by atoms with Crippen LogP contribution in [0.5, 0.6) is 0 Å². The van der Waals surface area contributed by atoms with Crippen molar-refractivity contribution >= 4 is 29.2 Å². The molecule has 200 valence electrons. The number of aliphatic hydroxyl groups excluding tert-OH is 1. The third-order valence-electron chi connectivity index (χ3n) is 5.22. The van der Waals surface area contributed by atoms with Crippen molar-refractivity contribution in [2.75, 3.05) is 7.11 Å². The Kier molecular flexibility index (Phi) is 7.58. The molecule has 0 saturated heterocycles. The molecular formula is C22H16Cl2F4N6O4. The second-order valence-corrected chi connectivity index (χ2v) is 8.61. The van der Waals surface area contributed by atoms with Crippen LogP contribution in [0, 0.1) is 5.82 Å². The number of para-hydroxylation sites is 1. The topological polar surface area (TPSA) is 117 Å². The number of ether oxygens (including phenoxy) is 1. The molecule has 38 heavy (non-hydrogen) atoms. The Morgan fingerprint density at radius 2 is 1.82 bits per heavy atom. The molecule has 0 fully saturated rings. The predicted octanol–water partition coefficient (Wildman–Crippen LogP) is 3.50. The number of aromatic nitrogens is 6. The minimum absolute atomic E-state index is 0.112. The summed E-state index contributed by atoms with van der Waals surface area (Å²) in [6.45, 7) is -1.70. The number of carbonyl (C=O) groups is 1. The summed E-state index contributed by atoms with van der Waals surface area (Å²) in [4.78, 5) is 29.4. The van der Waals surface area contributed by atoms with Gasteiger partial charge in [-0.05, 0) is 36.4 Å². The highest BCUT2D eigenvalue weighted by molar-refractivity contribution is 6.32. The second kappa shape index (κ2) is 10.6. The molecule has 0 aliphatic heterocycles. The van der Waals surface area contributed by atoms with Crippen molar-refractivity contribution < 1.29 is 32.2 Å². The van der Waals surface area contributed by atoms with E-state index in [0.29, 0.717) is 9.59 Å². The first kappa shape index (κ1) is 27.3. The van der Waals surface area contributed by atoms with Gasteiger partial charge in [-0.3, -0.25) is 4.57 Å². The molecule has 10 nitrogen and oxygen atoms in total. The minimum Gasteiger partial charge on any atom is -0.463 e. The van der Waals surface area contributed by atoms with E-state index in [1.165, 1.54) is 36.4 Å². The van der Waals surface area contributed by atoms with Crippen LogP contribution in [0.3, 0.4) is 0 Å². The van der Waals surface area contributed by atoms with Gasteiger partial charge in [0.05, 0.1) is 18.7 Å². The lowest BCUT2D eigenvalue weighted by atomic mass is 10.2. The Bertz CT molecular complexity index is 1530. The Labute approximate surface area is 220 Å². The van der Waals surface area contributed by atoms with Crippen LogP contribution in [0.1, 0.15) is 16.4 Å². The predicted molar refractivity (Wildman–Crippen MR) is 126 cm³/mol. The van der Waals surface area contributed by atoms with Crippen LogP contribution in [0.4, 0.5) is 17.6 Å². The fourth-order valence-corrected chi connectivity index (χ4v) is 3.79. The molecule has 1 N–H and O–H groups in total. The van der Waals surface area contributed by atoms with Gasteiger partial charge in [-0.1, -0.05) is 29.3 Å². The van der Waals surface area contributed by atoms with Crippen LogP contribution in [0.2, 0.25) is 10.0 Å². The van der Waals surface area contributed by atoms with Gasteiger partial charge in [0.25, 0.3) is 0 Å². The number of esters is 1. The maximum absolute atomic E-state index is 14.6. The summed E-state index contributed by atoms with van der Waals surface area (Å²) in [7, 11) is 1.06. The van der Waals surface area contributed by atoms with Crippen LogP contribution in [0.25, 0.3) is 17.1 Å². The number of rotatable bonds is 7. The lowest BCUT2D eigenvalue weighted by molar-refractivity contribution is -0.207. The lowest BCUT2D eigenvalue weighted by Crippen LogP contribution is -2.37.